The van der Waals surface area contributed by atoms with Crippen molar-refractivity contribution < 1.29 is 4.74 Å². The van der Waals surface area contributed by atoms with Gasteiger partial charge in [0, 0.05) is 27.5 Å². The van der Waals surface area contributed by atoms with Crippen LogP contribution in [0.2, 0.25) is 0 Å². The van der Waals surface area contributed by atoms with E-state index < -0.39 is 5.41 Å². The molecular weight excluding hydrogens is 763 g/mol. The molecule has 2 nitrogen and oxygen atoms in total. The maximum Gasteiger partial charge on any atom is 0.132 e. The Kier molecular flexibility index (Phi) is 8.42. The Morgan fingerprint density at radius 1 is 0.444 bits per heavy atom. The predicted octanol–water partition coefficient (Wildman–Crippen LogP) is 16.1. The summed E-state index contributed by atoms with van der Waals surface area (Å²) in [5.74, 6) is 1.75. The minimum Gasteiger partial charge on any atom is -0.457 e. The van der Waals surface area contributed by atoms with E-state index in [1.165, 1.54) is 44.0 Å². The summed E-state index contributed by atoms with van der Waals surface area (Å²) >= 11 is 0. The van der Waals surface area contributed by atoms with Crippen LogP contribution in [0.3, 0.4) is 0 Å². The first-order valence-electron chi connectivity index (χ1n) is 21.6. The van der Waals surface area contributed by atoms with Crippen LogP contribution in [-0.4, -0.2) is 4.57 Å². The van der Waals surface area contributed by atoms with Gasteiger partial charge in [-0.1, -0.05) is 195 Å². The fourth-order valence-electron chi connectivity index (χ4n) is 10.7. The monoisotopic (exact) mass is 803 g/mol. The van der Waals surface area contributed by atoms with Crippen LogP contribution in [0.25, 0.3) is 76.9 Å². The topological polar surface area (TPSA) is 14.2 Å². The van der Waals surface area contributed by atoms with Gasteiger partial charge in [-0.05, 0) is 103 Å². The van der Waals surface area contributed by atoms with E-state index in [4.69, 9.17) is 4.74 Å². The number of nitrogens with zero attached hydrogens (tertiary/aromatic N) is 1. The number of rotatable bonds is 5. The molecule has 12 rings (SSSR count). The van der Waals surface area contributed by atoms with Crippen molar-refractivity contribution in [1.82, 2.24) is 4.57 Å². The molecule has 0 fully saturated rings. The molecule has 1 aromatic heterocycles. The van der Waals surface area contributed by atoms with Crippen LogP contribution in [0.15, 0.2) is 238 Å². The standard InChI is InChI=1S/C61H41NO/c1-3-19-40(4-2)42-34-36-55-49(38-42)46-24-10-8-22-44(46)45-23-9-11-25-47(45)50-39-43(41-20-6-5-7-21-41)35-37-56(50)62(55)57-31-18-30-54-60(57)48-26-12-13-27-51(48)61(54)52-28-14-16-32-58(52)63-59-33-17-15-29-53(59)61/h3-39H,1-2H2/b40-19+. The van der Waals surface area contributed by atoms with Gasteiger partial charge in [0.1, 0.15) is 11.5 Å². The highest BCUT2D eigenvalue weighted by Gasteiger charge is 2.51. The molecule has 0 radical (unpaired) electrons. The fraction of sp³-hybridized carbons (Fsp3) is 0.0164. The summed E-state index contributed by atoms with van der Waals surface area (Å²) in [6, 6.07) is 75.5. The SMILES string of the molecule is C=C/C=C(\C=C)c1ccc2c(c1)c1ccccc1c1ccccc1c1cc(-c3ccccc3)ccc1n2-c1cccc2c1-c1ccccc1C21c2ccccc2Oc2ccccc21. The number of para-hydroxylation sites is 2. The van der Waals surface area contributed by atoms with E-state index in [2.05, 4.69) is 224 Å². The lowest BCUT2D eigenvalue weighted by molar-refractivity contribution is 0.436. The Morgan fingerprint density at radius 3 is 1.63 bits per heavy atom. The number of fused-ring (bicyclic) bond motifs is 16. The fourth-order valence-corrected chi connectivity index (χ4v) is 10.7. The number of hydrogen-bond donors (Lipinski definition) is 0. The van der Waals surface area contributed by atoms with Gasteiger partial charge in [0.15, 0.2) is 0 Å². The zero-order chi connectivity index (χ0) is 42.1. The molecule has 0 amide bonds. The smallest absolute Gasteiger partial charge is 0.132 e. The third-order valence-corrected chi connectivity index (χ3v) is 13.2. The number of hydrogen-bond acceptors (Lipinski definition) is 1. The quantitative estimate of drug-likeness (QED) is 0.158. The van der Waals surface area contributed by atoms with E-state index >= 15 is 0 Å². The maximum absolute atomic E-state index is 6.72. The minimum atomic E-state index is -0.618. The van der Waals surface area contributed by atoms with Gasteiger partial charge in [-0.25, -0.2) is 0 Å². The molecule has 2 heterocycles. The third-order valence-electron chi connectivity index (χ3n) is 13.2. The van der Waals surface area contributed by atoms with E-state index in [1.807, 2.05) is 18.2 Å². The van der Waals surface area contributed by atoms with Crippen LogP contribution in [0.1, 0.15) is 27.8 Å². The average Bonchev–Trinajstić information content (AvgIpc) is 3.66. The first-order chi connectivity index (χ1) is 31.2. The van der Waals surface area contributed by atoms with Crippen LogP contribution in [0.5, 0.6) is 11.5 Å². The summed E-state index contributed by atoms with van der Waals surface area (Å²) < 4.78 is 9.26. The predicted molar refractivity (Wildman–Crippen MR) is 265 cm³/mol. The molecule has 0 bridgehead atoms. The summed E-state index contributed by atoms with van der Waals surface area (Å²) in [5, 5.41) is 6.96. The van der Waals surface area contributed by atoms with Crippen molar-refractivity contribution >= 4 is 48.9 Å². The van der Waals surface area contributed by atoms with Crippen molar-refractivity contribution in [2.75, 3.05) is 0 Å². The number of benzene rings is 9. The zero-order valence-corrected chi connectivity index (χ0v) is 34.6. The summed E-state index contributed by atoms with van der Waals surface area (Å²) in [6.45, 7) is 8.26. The van der Waals surface area contributed by atoms with E-state index in [1.54, 1.807) is 0 Å². The normalized spacial score (nSPS) is 13.2. The van der Waals surface area contributed by atoms with Gasteiger partial charge in [0.2, 0.25) is 0 Å². The summed E-state index contributed by atoms with van der Waals surface area (Å²) in [7, 11) is 0. The first kappa shape index (κ1) is 36.6. The molecule has 0 saturated carbocycles. The van der Waals surface area contributed by atoms with Gasteiger partial charge >= 0.3 is 0 Å². The number of ether oxygens (including phenoxy) is 1. The molecule has 0 saturated heterocycles. The molecule has 2 aliphatic rings. The molecule has 296 valence electrons. The first-order valence-corrected chi connectivity index (χ1v) is 21.6. The zero-order valence-electron chi connectivity index (χ0n) is 34.6. The molecule has 2 heteroatoms. The van der Waals surface area contributed by atoms with Crippen molar-refractivity contribution in [3.05, 3.63) is 265 Å². The van der Waals surface area contributed by atoms with Crippen molar-refractivity contribution in [3.63, 3.8) is 0 Å². The highest BCUT2D eigenvalue weighted by atomic mass is 16.5. The molecule has 63 heavy (non-hydrogen) atoms. The Hall–Kier alpha value is -8.20. The van der Waals surface area contributed by atoms with Crippen LogP contribution in [0, 0.1) is 0 Å². The number of allylic oxidation sites excluding steroid dienone is 4. The highest BCUT2D eigenvalue weighted by molar-refractivity contribution is 6.20. The van der Waals surface area contributed by atoms with Gasteiger partial charge in [-0.15, -0.1) is 0 Å². The lowest BCUT2D eigenvalue weighted by Gasteiger charge is -2.39. The van der Waals surface area contributed by atoms with E-state index in [-0.39, 0.29) is 0 Å². The van der Waals surface area contributed by atoms with Crippen molar-refractivity contribution in [1.29, 1.82) is 0 Å². The average molecular weight is 804 g/mol. The highest BCUT2D eigenvalue weighted by Crippen LogP contribution is 2.63. The molecule has 0 atom stereocenters. The van der Waals surface area contributed by atoms with Crippen LogP contribution < -0.4 is 4.74 Å². The van der Waals surface area contributed by atoms with Gasteiger partial charge in [0.05, 0.1) is 22.1 Å². The lowest BCUT2D eigenvalue weighted by Crippen LogP contribution is -2.32. The van der Waals surface area contributed by atoms with Crippen LogP contribution in [-0.2, 0) is 5.41 Å². The van der Waals surface area contributed by atoms with Gasteiger partial charge in [-0.2, -0.15) is 0 Å². The molecule has 0 N–H and O–H groups in total. The summed E-state index contributed by atoms with van der Waals surface area (Å²) in [6.07, 6.45) is 5.79. The van der Waals surface area contributed by atoms with E-state index in [0.29, 0.717) is 0 Å². The maximum atomic E-state index is 6.72. The second kappa shape index (κ2) is 14.5. The minimum absolute atomic E-state index is 0.618. The Bertz CT molecular complexity index is 3600. The second-order valence-corrected chi connectivity index (χ2v) is 16.4. The van der Waals surface area contributed by atoms with Gasteiger partial charge in [0.25, 0.3) is 0 Å². The lowest BCUT2D eigenvalue weighted by atomic mass is 9.66. The largest absolute Gasteiger partial charge is 0.457 e. The molecule has 9 aromatic carbocycles. The Balaban J connectivity index is 1.33. The van der Waals surface area contributed by atoms with Crippen LogP contribution in [0.4, 0.5) is 0 Å². The van der Waals surface area contributed by atoms with Gasteiger partial charge in [-0.3, -0.25) is 0 Å². The molecule has 1 spiro atoms. The van der Waals surface area contributed by atoms with Gasteiger partial charge < -0.3 is 9.30 Å². The molecule has 10 aromatic rings. The number of aromatic nitrogens is 1. The molecule has 1 aliphatic heterocycles. The van der Waals surface area contributed by atoms with E-state index in [9.17, 15) is 0 Å². The molecular formula is C61H41NO. The van der Waals surface area contributed by atoms with Crippen molar-refractivity contribution in [2.45, 2.75) is 5.41 Å². The van der Waals surface area contributed by atoms with E-state index in [0.717, 1.165) is 72.2 Å². The summed E-state index contributed by atoms with van der Waals surface area (Å²) in [5.41, 5.74) is 14.2. The van der Waals surface area contributed by atoms with Crippen molar-refractivity contribution in [3.8, 4) is 39.4 Å². The second-order valence-electron chi connectivity index (χ2n) is 16.4. The Morgan fingerprint density at radius 2 is 0.984 bits per heavy atom. The molecule has 0 unspecified atom stereocenters. The van der Waals surface area contributed by atoms with Crippen LogP contribution >= 0.6 is 0 Å². The molecule has 1 aliphatic carbocycles. The third kappa shape index (κ3) is 5.38. The summed E-state index contributed by atoms with van der Waals surface area (Å²) in [4.78, 5) is 0. The van der Waals surface area contributed by atoms with Crippen molar-refractivity contribution in [2.24, 2.45) is 0 Å². The Labute approximate surface area is 366 Å².